The van der Waals surface area contributed by atoms with Crippen molar-refractivity contribution in [3.63, 3.8) is 0 Å². The number of rotatable bonds is 4. The van der Waals surface area contributed by atoms with Gasteiger partial charge in [-0.15, -0.1) is 0 Å². The summed E-state index contributed by atoms with van der Waals surface area (Å²) in [5.74, 6) is 3.43. The molecule has 0 N–H and O–H groups in total. The summed E-state index contributed by atoms with van der Waals surface area (Å²) in [5.41, 5.74) is 1.73. The Kier molecular flexibility index (Phi) is 4.92. The summed E-state index contributed by atoms with van der Waals surface area (Å²) in [5, 5.41) is 0. The molecule has 0 unspecified atom stereocenters. The molecule has 0 fully saturated rings. The molecule has 5 heteroatoms. The van der Waals surface area contributed by atoms with Crippen LogP contribution in [0.4, 0.5) is 0 Å². The highest BCUT2D eigenvalue weighted by atomic mass is 32.2. The fourth-order valence-electron chi connectivity index (χ4n) is 2.21. The minimum absolute atomic E-state index is 0.0447. The van der Waals surface area contributed by atoms with Crippen LogP contribution in [0.15, 0.2) is 82.3 Å². The molecule has 0 saturated carbocycles. The second-order valence-corrected chi connectivity index (χ2v) is 7.37. The molecule has 0 saturated heterocycles. The molecule has 0 aliphatic rings. The van der Waals surface area contributed by atoms with Crippen LogP contribution in [0.5, 0.6) is 0 Å². The number of hydrogen-bond donors (Lipinski definition) is 0. The van der Waals surface area contributed by atoms with Gasteiger partial charge in [0, 0.05) is 11.6 Å². The van der Waals surface area contributed by atoms with Crippen LogP contribution >= 0.6 is 0 Å². The van der Waals surface area contributed by atoms with Crippen molar-refractivity contribution in [2.75, 3.05) is 0 Å². The number of hydrogen-bond acceptors (Lipinski definition) is 3. The van der Waals surface area contributed by atoms with Crippen LogP contribution < -0.4 is 0 Å². The maximum absolute atomic E-state index is 13.0. The summed E-state index contributed by atoms with van der Waals surface area (Å²) in [6.07, 6.45) is 1.51. The van der Waals surface area contributed by atoms with Gasteiger partial charge in [0.15, 0.2) is 0 Å². The normalized spacial score (nSPS) is 10.8. The molecule has 0 amide bonds. The minimum atomic E-state index is -3.76. The lowest BCUT2D eigenvalue weighted by atomic mass is 10.2. The molecule has 1 heterocycles. The van der Waals surface area contributed by atoms with Crippen molar-refractivity contribution in [1.29, 1.82) is 0 Å². The number of aryl methyl sites for hydroxylation is 1. The van der Waals surface area contributed by atoms with E-state index in [2.05, 4.69) is 12.0 Å². The zero-order valence-corrected chi connectivity index (χ0v) is 14.5. The first-order valence-corrected chi connectivity index (χ1v) is 9.18. The van der Waals surface area contributed by atoms with Crippen molar-refractivity contribution >= 4 is 10.0 Å². The zero-order valence-electron chi connectivity index (χ0n) is 13.7. The topological polar surface area (TPSA) is 50.5 Å². The molecule has 0 aliphatic heterocycles. The Labute approximate surface area is 147 Å². The molecular formula is C20H17NO3S. The fraction of sp³-hybridized carbons (Fsp3) is 0.100. The Hall–Kier alpha value is -2.97. The molecule has 0 aliphatic carbocycles. The third-order valence-corrected chi connectivity index (χ3v) is 5.26. The lowest BCUT2D eigenvalue weighted by Gasteiger charge is -2.17. The van der Waals surface area contributed by atoms with Crippen LogP contribution in [-0.2, 0) is 16.6 Å². The van der Waals surface area contributed by atoms with Gasteiger partial charge in [0.1, 0.15) is 12.3 Å². The minimum Gasteiger partial charge on any atom is -0.467 e. The molecule has 3 rings (SSSR count). The summed E-state index contributed by atoms with van der Waals surface area (Å²) < 4.78 is 32.4. The van der Waals surface area contributed by atoms with E-state index in [1.165, 1.54) is 6.26 Å². The zero-order chi connectivity index (χ0) is 17.7. The van der Waals surface area contributed by atoms with Crippen LogP contribution in [0, 0.1) is 18.9 Å². The first-order valence-electron chi connectivity index (χ1n) is 7.74. The van der Waals surface area contributed by atoms with E-state index in [9.17, 15) is 8.42 Å². The molecule has 0 radical (unpaired) electrons. The van der Waals surface area contributed by atoms with E-state index in [1.807, 2.05) is 37.3 Å². The van der Waals surface area contributed by atoms with Gasteiger partial charge in [0.2, 0.25) is 0 Å². The van der Waals surface area contributed by atoms with Gasteiger partial charge in [0.05, 0.1) is 11.2 Å². The summed E-state index contributed by atoms with van der Waals surface area (Å²) >= 11 is 0. The Morgan fingerprint density at radius 2 is 1.68 bits per heavy atom. The van der Waals surface area contributed by atoms with Crippen molar-refractivity contribution in [3.8, 4) is 12.0 Å². The molecule has 2 aromatic carbocycles. The number of furan rings is 1. The molecule has 25 heavy (non-hydrogen) atoms. The third kappa shape index (κ3) is 4.11. The number of sulfonamides is 1. The average molecular weight is 351 g/mol. The molecule has 126 valence electrons. The standard InChI is InChI=1S/C20H17NO3S/c1-17-9-11-20(12-10-17)25(22,23)21(16-19-8-5-15-24-19)14-13-18-6-3-2-4-7-18/h2-12,15H,16H2,1H3. The van der Waals surface area contributed by atoms with Crippen LogP contribution in [0.3, 0.4) is 0 Å². The Morgan fingerprint density at radius 1 is 0.960 bits per heavy atom. The highest BCUT2D eigenvalue weighted by Crippen LogP contribution is 2.18. The first kappa shape index (κ1) is 16.9. The average Bonchev–Trinajstić information content (AvgIpc) is 3.13. The highest BCUT2D eigenvalue weighted by molar-refractivity contribution is 7.89. The van der Waals surface area contributed by atoms with Crippen molar-refractivity contribution in [2.45, 2.75) is 18.4 Å². The van der Waals surface area contributed by atoms with E-state index in [0.717, 1.165) is 15.4 Å². The van der Waals surface area contributed by atoms with Crippen molar-refractivity contribution < 1.29 is 12.8 Å². The van der Waals surface area contributed by atoms with Crippen LogP contribution in [0.1, 0.15) is 16.9 Å². The van der Waals surface area contributed by atoms with Crippen LogP contribution in [0.2, 0.25) is 0 Å². The maximum Gasteiger partial charge on any atom is 0.271 e. The predicted molar refractivity (Wildman–Crippen MR) is 95.9 cm³/mol. The summed E-state index contributed by atoms with van der Waals surface area (Å²) in [6, 6.07) is 22.2. The van der Waals surface area contributed by atoms with E-state index in [0.29, 0.717) is 5.76 Å². The molecule has 0 bridgehead atoms. The van der Waals surface area contributed by atoms with E-state index in [4.69, 9.17) is 4.42 Å². The predicted octanol–water partition coefficient (Wildman–Crippen LogP) is 3.79. The van der Waals surface area contributed by atoms with Crippen LogP contribution in [0.25, 0.3) is 0 Å². The quantitative estimate of drug-likeness (QED) is 0.531. The van der Waals surface area contributed by atoms with Gasteiger partial charge in [-0.25, -0.2) is 12.7 Å². The maximum atomic E-state index is 13.0. The SMILES string of the molecule is Cc1ccc(S(=O)(=O)N(C#Cc2ccccc2)Cc2ccco2)cc1. The molecule has 0 spiro atoms. The van der Waals surface area contributed by atoms with Crippen molar-refractivity contribution in [3.05, 3.63) is 89.9 Å². The van der Waals surface area contributed by atoms with Gasteiger partial charge in [-0.05, 0) is 49.2 Å². The van der Waals surface area contributed by atoms with E-state index >= 15 is 0 Å². The largest absolute Gasteiger partial charge is 0.467 e. The first-order chi connectivity index (χ1) is 12.1. The monoisotopic (exact) mass is 351 g/mol. The van der Waals surface area contributed by atoms with Gasteiger partial charge >= 0.3 is 0 Å². The summed E-state index contributed by atoms with van der Waals surface area (Å²) in [6.45, 7) is 1.95. The molecule has 3 aromatic rings. The van der Waals surface area contributed by atoms with Gasteiger partial charge in [0.25, 0.3) is 10.0 Å². The summed E-state index contributed by atoms with van der Waals surface area (Å²) in [7, 11) is -3.76. The lowest BCUT2D eigenvalue weighted by molar-refractivity contribution is 0.436. The Morgan fingerprint density at radius 3 is 2.32 bits per heavy atom. The van der Waals surface area contributed by atoms with E-state index in [1.54, 1.807) is 36.4 Å². The van der Waals surface area contributed by atoms with Gasteiger partial charge in [-0.1, -0.05) is 35.9 Å². The van der Waals surface area contributed by atoms with Crippen molar-refractivity contribution in [2.24, 2.45) is 0 Å². The molecular weight excluding hydrogens is 334 g/mol. The van der Waals surface area contributed by atoms with Gasteiger partial charge in [-0.3, -0.25) is 0 Å². The van der Waals surface area contributed by atoms with E-state index in [-0.39, 0.29) is 11.4 Å². The van der Waals surface area contributed by atoms with Gasteiger partial charge < -0.3 is 4.42 Å². The second kappa shape index (κ2) is 7.29. The third-order valence-electron chi connectivity index (χ3n) is 3.59. The number of benzene rings is 2. The summed E-state index contributed by atoms with van der Waals surface area (Å²) in [4.78, 5) is 0.201. The van der Waals surface area contributed by atoms with Gasteiger partial charge in [-0.2, -0.15) is 0 Å². The second-order valence-electron chi connectivity index (χ2n) is 5.51. The molecule has 4 nitrogen and oxygen atoms in total. The Bertz CT molecular complexity index is 981. The molecule has 1 aromatic heterocycles. The smallest absolute Gasteiger partial charge is 0.271 e. The molecule has 0 atom stereocenters. The highest BCUT2D eigenvalue weighted by Gasteiger charge is 2.23. The van der Waals surface area contributed by atoms with Crippen LogP contribution in [-0.4, -0.2) is 12.7 Å². The Balaban J connectivity index is 1.98. The van der Waals surface area contributed by atoms with Crippen molar-refractivity contribution in [1.82, 2.24) is 4.31 Å². The number of nitrogens with zero attached hydrogens (tertiary/aromatic N) is 1. The fourth-order valence-corrected chi connectivity index (χ4v) is 3.41. The van der Waals surface area contributed by atoms with E-state index < -0.39 is 10.0 Å². The lowest BCUT2D eigenvalue weighted by Crippen LogP contribution is -2.26.